The molecule has 4 aromatic carbocycles. The van der Waals surface area contributed by atoms with Gasteiger partial charge in [0.05, 0.1) is 52.9 Å². The fourth-order valence-electron chi connectivity index (χ4n) is 5.28. The average Bonchev–Trinajstić information content (AvgIpc) is 4.10. The maximum Gasteiger partial charge on any atom is 0.197 e. The molecule has 52 heavy (non-hydrogen) atoms. The zero-order chi connectivity index (χ0) is 35.8. The number of ether oxygens (including phenoxy) is 10. The zero-order valence-electron chi connectivity index (χ0n) is 30.1. The quantitative estimate of drug-likeness (QED) is 0.0422. The van der Waals surface area contributed by atoms with E-state index in [-0.39, 0.29) is 12.2 Å². The van der Waals surface area contributed by atoms with Crippen LogP contribution in [0.2, 0.25) is 0 Å². The molecule has 0 bridgehead atoms. The van der Waals surface area contributed by atoms with Gasteiger partial charge in [-0.3, -0.25) is 0 Å². The highest BCUT2D eigenvalue weighted by atomic mass is 16.7. The second kappa shape index (κ2) is 20.2. The summed E-state index contributed by atoms with van der Waals surface area (Å²) in [6.07, 6.45) is 1.40. The molecule has 0 N–H and O–H groups in total. The normalized spacial score (nSPS) is 17.3. The molecule has 10 nitrogen and oxygen atoms in total. The van der Waals surface area contributed by atoms with Crippen molar-refractivity contribution in [1.29, 1.82) is 0 Å². The summed E-state index contributed by atoms with van der Waals surface area (Å²) in [5.74, 6) is 3.26. The van der Waals surface area contributed by atoms with Crippen LogP contribution >= 0.6 is 0 Å². The number of hydrogen-bond donors (Lipinski definition) is 0. The van der Waals surface area contributed by atoms with E-state index >= 15 is 0 Å². The van der Waals surface area contributed by atoms with Gasteiger partial charge in [-0.25, -0.2) is 0 Å². The largest absolute Gasteiger partial charge is 0.491 e. The minimum absolute atomic E-state index is 0.258. The smallest absolute Gasteiger partial charge is 0.197 e. The minimum Gasteiger partial charge on any atom is -0.491 e. The lowest BCUT2D eigenvalue weighted by molar-refractivity contribution is -0.0943. The highest BCUT2D eigenvalue weighted by Crippen LogP contribution is 2.22. The van der Waals surface area contributed by atoms with Crippen LogP contribution in [0.4, 0.5) is 0 Å². The van der Waals surface area contributed by atoms with Gasteiger partial charge in [0.1, 0.15) is 48.4 Å². The Hall–Kier alpha value is -4.16. The summed E-state index contributed by atoms with van der Waals surface area (Å²) < 4.78 is 56.3. The molecule has 0 aromatic heterocycles. The molecule has 0 aliphatic carbocycles. The SMILES string of the molecule is CC(OCCOCCOCCOC(C)Oc1ccc(Cc2ccc(OCC3CO3)cc2)cc1)Oc1ccc(Cc2ccc(OCC3CO3)cc2)cc1. The Bertz CT molecular complexity index is 1450. The molecule has 2 aliphatic heterocycles. The van der Waals surface area contributed by atoms with Crippen molar-refractivity contribution in [3.05, 3.63) is 119 Å². The lowest BCUT2D eigenvalue weighted by Gasteiger charge is -2.16. The summed E-state index contributed by atoms with van der Waals surface area (Å²) in [6, 6.07) is 32.6. The molecule has 4 atom stereocenters. The Morgan fingerprint density at radius 3 is 1.10 bits per heavy atom. The third kappa shape index (κ3) is 14.1. The van der Waals surface area contributed by atoms with Crippen molar-refractivity contribution in [3.63, 3.8) is 0 Å². The number of epoxide rings is 2. The molecule has 278 valence electrons. The van der Waals surface area contributed by atoms with Crippen LogP contribution in [-0.4, -0.2) is 90.9 Å². The molecular formula is C42H50O10. The number of benzene rings is 4. The van der Waals surface area contributed by atoms with Crippen LogP contribution in [0.5, 0.6) is 23.0 Å². The van der Waals surface area contributed by atoms with Crippen molar-refractivity contribution >= 4 is 0 Å². The molecule has 6 rings (SSSR count). The van der Waals surface area contributed by atoms with Gasteiger partial charge >= 0.3 is 0 Å². The minimum atomic E-state index is -0.393. The van der Waals surface area contributed by atoms with Crippen LogP contribution in [0.25, 0.3) is 0 Å². The van der Waals surface area contributed by atoms with E-state index in [2.05, 4.69) is 48.5 Å². The van der Waals surface area contributed by atoms with Gasteiger partial charge in [0, 0.05) is 0 Å². The maximum atomic E-state index is 5.90. The first kappa shape index (κ1) is 37.6. The third-order valence-electron chi connectivity index (χ3n) is 8.32. The highest BCUT2D eigenvalue weighted by molar-refractivity contribution is 5.35. The maximum absolute atomic E-state index is 5.90. The van der Waals surface area contributed by atoms with Crippen molar-refractivity contribution in [2.24, 2.45) is 0 Å². The average molecular weight is 715 g/mol. The Morgan fingerprint density at radius 1 is 0.462 bits per heavy atom. The van der Waals surface area contributed by atoms with Gasteiger partial charge in [0.25, 0.3) is 0 Å². The summed E-state index contributed by atoms with van der Waals surface area (Å²) in [4.78, 5) is 0. The predicted octanol–water partition coefficient (Wildman–Crippen LogP) is 6.64. The van der Waals surface area contributed by atoms with Crippen molar-refractivity contribution < 1.29 is 47.4 Å². The molecule has 2 aliphatic rings. The van der Waals surface area contributed by atoms with Gasteiger partial charge in [0.2, 0.25) is 0 Å². The van der Waals surface area contributed by atoms with Crippen LogP contribution in [0.15, 0.2) is 97.1 Å². The van der Waals surface area contributed by atoms with Crippen LogP contribution in [0.3, 0.4) is 0 Å². The van der Waals surface area contributed by atoms with E-state index in [1.165, 1.54) is 22.3 Å². The van der Waals surface area contributed by atoms with Gasteiger partial charge in [-0.05, 0) is 97.5 Å². The lowest BCUT2D eigenvalue weighted by Crippen LogP contribution is -2.20. The fourth-order valence-corrected chi connectivity index (χ4v) is 5.28. The number of hydrogen-bond acceptors (Lipinski definition) is 10. The molecular weight excluding hydrogens is 664 g/mol. The topological polar surface area (TPSA) is 98.9 Å². The summed E-state index contributed by atoms with van der Waals surface area (Å²) >= 11 is 0. The van der Waals surface area contributed by atoms with E-state index in [1.54, 1.807) is 0 Å². The predicted molar refractivity (Wildman–Crippen MR) is 196 cm³/mol. The second-order valence-electron chi connectivity index (χ2n) is 12.8. The summed E-state index contributed by atoms with van der Waals surface area (Å²) in [6.45, 7) is 9.26. The molecule has 0 spiro atoms. The van der Waals surface area contributed by atoms with Crippen LogP contribution in [0, 0.1) is 0 Å². The first-order valence-corrected chi connectivity index (χ1v) is 18.1. The molecule has 2 heterocycles. The van der Waals surface area contributed by atoms with Crippen LogP contribution < -0.4 is 18.9 Å². The Labute approximate surface area is 306 Å². The molecule has 2 saturated heterocycles. The van der Waals surface area contributed by atoms with Crippen LogP contribution in [-0.2, 0) is 41.3 Å². The Balaban J connectivity index is 0.743. The van der Waals surface area contributed by atoms with E-state index in [0.29, 0.717) is 52.9 Å². The van der Waals surface area contributed by atoms with Gasteiger partial charge in [-0.1, -0.05) is 48.5 Å². The summed E-state index contributed by atoms with van der Waals surface area (Å²) in [5.41, 5.74) is 4.84. The Morgan fingerprint density at radius 2 is 0.769 bits per heavy atom. The van der Waals surface area contributed by atoms with Gasteiger partial charge in [0.15, 0.2) is 12.6 Å². The van der Waals surface area contributed by atoms with Crippen LogP contribution in [0.1, 0.15) is 36.1 Å². The van der Waals surface area contributed by atoms with Crippen molar-refractivity contribution in [2.75, 3.05) is 66.1 Å². The second-order valence-corrected chi connectivity index (χ2v) is 12.8. The van der Waals surface area contributed by atoms with Gasteiger partial charge in [-0.2, -0.15) is 0 Å². The third-order valence-corrected chi connectivity index (χ3v) is 8.32. The molecule has 0 saturated carbocycles. The monoisotopic (exact) mass is 714 g/mol. The standard InChI is InChI=1S/C42H50O10/c1-31(51-39-15-7-35(8-16-39)25-33-3-11-37(12-4-33)47-27-41-29-49-41)45-23-21-43-19-20-44-22-24-46-32(2)52-40-17-9-36(10-18-40)26-34-5-13-38(14-6-34)48-28-42-30-50-42/h3-18,31-32,41-42H,19-30H2,1-2H3. The van der Waals surface area contributed by atoms with E-state index in [1.807, 2.05) is 62.4 Å². The van der Waals surface area contributed by atoms with Crippen molar-refractivity contribution in [1.82, 2.24) is 0 Å². The molecule has 4 aromatic rings. The molecule has 4 unspecified atom stereocenters. The first-order valence-electron chi connectivity index (χ1n) is 18.1. The Kier molecular flexibility index (Phi) is 14.6. The molecule has 2 fully saturated rings. The summed E-state index contributed by atoms with van der Waals surface area (Å²) in [5, 5.41) is 0. The lowest BCUT2D eigenvalue weighted by atomic mass is 10.0. The van der Waals surface area contributed by atoms with Gasteiger partial charge < -0.3 is 47.4 Å². The van der Waals surface area contributed by atoms with Crippen molar-refractivity contribution in [3.8, 4) is 23.0 Å². The van der Waals surface area contributed by atoms with E-state index in [4.69, 9.17) is 47.4 Å². The van der Waals surface area contributed by atoms with Gasteiger partial charge in [-0.15, -0.1) is 0 Å². The first-order chi connectivity index (χ1) is 25.5. The number of rotatable bonds is 25. The molecule has 10 heteroatoms. The van der Waals surface area contributed by atoms with Crippen molar-refractivity contribution in [2.45, 2.75) is 51.5 Å². The highest BCUT2D eigenvalue weighted by Gasteiger charge is 2.23. The molecule has 0 amide bonds. The van der Waals surface area contributed by atoms with E-state index in [9.17, 15) is 0 Å². The van der Waals surface area contributed by atoms with E-state index in [0.717, 1.165) is 49.1 Å². The summed E-state index contributed by atoms with van der Waals surface area (Å²) in [7, 11) is 0. The molecule has 0 radical (unpaired) electrons. The fraction of sp³-hybridized carbons (Fsp3) is 0.429. The zero-order valence-corrected chi connectivity index (χ0v) is 30.1. The van der Waals surface area contributed by atoms with E-state index < -0.39 is 12.6 Å².